The third kappa shape index (κ3) is 4.49. The van der Waals surface area contributed by atoms with Crippen molar-refractivity contribution in [1.29, 1.82) is 0 Å². The average molecular weight is 227 g/mol. The van der Waals surface area contributed by atoms with E-state index in [1.54, 1.807) is 0 Å². The summed E-state index contributed by atoms with van der Waals surface area (Å²) in [4.78, 5) is 15.8. The van der Waals surface area contributed by atoms with Crippen molar-refractivity contribution in [2.24, 2.45) is 5.92 Å². The zero-order chi connectivity index (χ0) is 12.0. The molecule has 1 heterocycles. The molecule has 0 saturated carbocycles. The van der Waals surface area contributed by atoms with E-state index in [1.807, 2.05) is 19.0 Å². The lowest BCUT2D eigenvalue weighted by atomic mass is 9.95. The molecule has 4 heteroatoms. The molecule has 1 rings (SSSR count). The van der Waals surface area contributed by atoms with Crippen LogP contribution in [0.2, 0.25) is 0 Å². The molecule has 0 aromatic rings. The standard InChI is InChI=1S/C12H25N3O/c1-13-9-12(16)15(3)8-6-11-5-4-7-14(2)10-11/h11,13H,4-10H2,1-3H3. The number of nitrogens with zero attached hydrogens (tertiary/aromatic N) is 2. The number of hydrogen-bond donors (Lipinski definition) is 1. The van der Waals surface area contributed by atoms with Crippen molar-refractivity contribution < 1.29 is 4.79 Å². The number of likely N-dealkylation sites (N-methyl/N-ethyl adjacent to an activating group) is 2. The third-order valence-corrected chi connectivity index (χ3v) is 3.35. The van der Waals surface area contributed by atoms with Crippen LogP contribution in [0.5, 0.6) is 0 Å². The Kier molecular flexibility index (Phi) is 5.77. The van der Waals surface area contributed by atoms with Crippen LogP contribution in [0.1, 0.15) is 19.3 Å². The summed E-state index contributed by atoms with van der Waals surface area (Å²) in [5.41, 5.74) is 0. The number of rotatable bonds is 5. The molecular formula is C12H25N3O. The van der Waals surface area contributed by atoms with Gasteiger partial charge in [0.15, 0.2) is 0 Å². The predicted molar refractivity (Wildman–Crippen MR) is 66.4 cm³/mol. The molecule has 1 saturated heterocycles. The van der Waals surface area contributed by atoms with Gasteiger partial charge < -0.3 is 15.1 Å². The molecule has 4 nitrogen and oxygen atoms in total. The zero-order valence-electron chi connectivity index (χ0n) is 10.8. The van der Waals surface area contributed by atoms with E-state index in [4.69, 9.17) is 0 Å². The van der Waals surface area contributed by atoms with Crippen molar-refractivity contribution in [3.05, 3.63) is 0 Å². The highest BCUT2D eigenvalue weighted by molar-refractivity contribution is 5.77. The summed E-state index contributed by atoms with van der Waals surface area (Å²) < 4.78 is 0. The molecule has 0 aliphatic carbocycles. The Hall–Kier alpha value is -0.610. The molecule has 0 spiro atoms. The molecule has 0 bridgehead atoms. The fraction of sp³-hybridized carbons (Fsp3) is 0.917. The van der Waals surface area contributed by atoms with Gasteiger partial charge in [-0.2, -0.15) is 0 Å². The van der Waals surface area contributed by atoms with Gasteiger partial charge in [0.05, 0.1) is 6.54 Å². The van der Waals surface area contributed by atoms with E-state index in [0.717, 1.165) is 18.9 Å². The van der Waals surface area contributed by atoms with Gasteiger partial charge in [0.1, 0.15) is 0 Å². The first-order valence-electron chi connectivity index (χ1n) is 6.20. The smallest absolute Gasteiger partial charge is 0.236 e. The topological polar surface area (TPSA) is 35.6 Å². The van der Waals surface area contributed by atoms with Crippen molar-refractivity contribution in [2.75, 3.05) is 47.3 Å². The first-order valence-corrected chi connectivity index (χ1v) is 6.20. The Morgan fingerprint density at radius 2 is 2.31 bits per heavy atom. The van der Waals surface area contributed by atoms with Crippen LogP contribution in [-0.2, 0) is 4.79 Å². The normalized spacial score (nSPS) is 22.1. The van der Waals surface area contributed by atoms with Gasteiger partial charge in [-0.3, -0.25) is 4.79 Å². The summed E-state index contributed by atoms with van der Waals surface area (Å²) >= 11 is 0. The van der Waals surface area contributed by atoms with Crippen LogP contribution in [0, 0.1) is 5.92 Å². The maximum Gasteiger partial charge on any atom is 0.236 e. The number of hydrogen-bond acceptors (Lipinski definition) is 3. The van der Waals surface area contributed by atoms with Crippen LogP contribution in [0.25, 0.3) is 0 Å². The first kappa shape index (κ1) is 13.5. The highest BCUT2D eigenvalue weighted by atomic mass is 16.2. The summed E-state index contributed by atoms with van der Waals surface area (Å²) in [7, 11) is 5.88. The van der Waals surface area contributed by atoms with E-state index >= 15 is 0 Å². The molecule has 16 heavy (non-hydrogen) atoms. The second kappa shape index (κ2) is 6.86. The Bertz CT molecular complexity index is 220. The van der Waals surface area contributed by atoms with Crippen LogP contribution < -0.4 is 5.32 Å². The van der Waals surface area contributed by atoms with Crippen molar-refractivity contribution in [3.8, 4) is 0 Å². The van der Waals surface area contributed by atoms with Gasteiger partial charge in [-0.05, 0) is 45.8 Å². The number of carbonyl (C=O) groups is 1. The van der Waals surface area contributed by atoms with Crippen LogP contribution in [-0.4, -0.2) is 63.0 Å². The summed E-state index contributed by atoms with van der Waals surface area (Å²) in [5.74, 6) is 0.954. The minimum absolute atomic E-state index is 0.187. The predicted octanol–water partition coefficient (Wildman–Crippen LogP) is 0.396. The Morgan fingerprint density at radius 3 is 2.94 bits per heavy atom. The molecule has 1 atom stereocenters. The highest BCUT2D eigenvalue weighted by Gasteiger charge is 2.18. The molecule has 0 radical (unpaired) electrons. The zero-order valence-corrected chi connectivity index (χ0v) is 10.8. The summed E-state index contributed by atoms with van der Waals surface area (Å²) in [6.45, 7) is 3.75. The monoisotopic (exact) mass is 227 g/mol. The van der Waals surface area contributed by atoms with Gasteiger partial charge in [0.25, 0.3) is 0 Å². The van der Waals surface area contributed by atoms with Gasteiger partial charge >= 0.3 is 0 Å². The molecular weight excluding hydrogens is 202 g/mol. The quantitative estimate of drug-likeness (QED) is 0.738. The minimum Gasteiger partial charge on any atom is -0.345 e. The molecule has 1 fully saturated rings. The van der Waals surface area contributed by atoms with E-state index in [-0.39, 0.29) is 5.91 Å². The number of nitrogens with one attached hydrogen (secondary N) is 1. The second-order valence-electron chi connectivity index (χ2n) is 4.90. The highest BCUT2D eigenvalue weighted by Crippen LogP contribution is 2.18. The van der Waals surface area contributed by atoms with E-state index in [1.165, 1.54) is 25.9 Å². The minimum atomic E-state index is 0.187. The van der Waals surface area contributed by atoms with Crippen LogP contribution in [0.4, 0.5) is 0 Å². The first-order chi connectivity index (χ1) is 7.63. The van der Waals surface area contributed by atoms with Gasteiger partial charge in [-0.1, -0.05) is 0 Å². The molecule has 1 amide bonds. The SMILES string of the molecule is CNCC(=O)N(C)CCC1CCCN(C)C1. The number of likely N-dealkylation sites (tertiary alicyclic amines) is 1. The van der Waals surface area contributed by atoms with Crippen molar-refractivity contribution in [1.82, 2.24) is 15.1 Å². The molecule has 0 aromatic carbocycles. The van der Waals surface area contributed by atoms with Gasteiger partial charge in [-0.15, -0.1) is 0 Å². The fourth-order valence-corrected chi connectivity index (χ4v) is 2.30. The lowest BCUT2D eigenvalue weighted by Gasteiger charge is -2.30. The molecule has 1 unspecified atom stereocenters. The molecule has 1 aliphatic heterocycles. The summed E-state index contributed by atoms with van der Waals surface area (Å²) in [6, 6.07) is 0. The molecule has 94 valence electrons. The Labute approximate surface area is 99.0 Å². The fourth-order valence-electron chi connectivity index (χ4n) is 2.30. The molecule has 1 N–H and O–H groups in total. The number of piperidine rings is 1. The second-order valence-corrected chi connectivity index (χ2v) is 4.90. The van der Waals surface area contributed by atoms with E-state index < -0.39 is 0 Å². The van der Waals surface area contributed by atoms with E-state index in [2.05, 4.69) is 17.3 Å². The Morgan fingerprint density at radius 1 is 1.56 bits per heavy atom. The van der Waals surface area contributed by atoms with E-state index in [9.17, 15) is 4.79 Å². The molecule has 0 aromatic heterocycles. The van der Waals surface area contributed by atoms with Crippen LogP contribution >= 0.6 is 0 Å². The summed E-state index contributed by atoms with van der Waals surface area (Å²) in [5, 5.41) is 2.89. The summed E-state index contributed by atoms with van der Waals surface area (Å²) in [6.07, 6.45) is 3.75. The third-order valence-electron chi connectivity index (χ3n) is 3.35. The van der Waals surface area contributed by atoms with Crippen molar-refractivity contribution >= 4 is 5.91 Å². The molecule has 1 aliphatic rings. The van der Waals surface area contributed by atoms with Crippen molar-refractivity contribution in [3.63, 3.8) is 0 Å². The van der Waals surface area contributed by atoms with Crippen LogP contribution in [0.3, 0.4) is 0 Å². The van der Waals surface area contributed by atoms with Crippen molar-refractivity contribution in [2.45, 2.75) is 19.3 Å². The largest absolute Gasteiger partial charge is 0.345 e. The Balaban J connectivity index is 2.20. The van der Waals surface area contributed by atoms with Gasteiger partial charge in [0, 0.05) is 20.1 Å². The number of amides is 1. The van der Waals surface area contributed by atoms with Gasteiger partial charge in [0.2, 0.25) is 5.91 Å². The number of carbonyl (C=O) groups excluding carboxylic acids is 1. The maximum atomic E-state index is 11.5. The lowest BCUT2D eigenvalue weighted by molar-refractivity contribution is -0.129. The average Bonchev–Trinajstić information content (AvgIpc) is 2.26. The maximum absolute atomic E-state index is 11.5. The van der Waals surface area contributed by atoms with Crippen LogP contribution in [0.15, 0.2) is 0 Å². The lowest BCUT2D eigenvalue weighted by Crippen LogP contribution is -2.37. The van der Waals surface area contributed by atoms with E-state index in [0.29, 0.717) is 6.54 Å². The van der Waals surface area contributed by atoms with Gasteiger partial charge in [-0.25, -0.2) is 0 Å².